The first kappa shape index (κ1) is 17.5. The molecule has 3 rings (SSSR count). The number of carbonyl (C=O) groups excluding carboxylic acids is 1. The van der Waals surface area contributed by atoms with Gasteiger partial charge in [-0.3, -0.25) is 4.79 Å². The summed E-state index contributed by atoms with van der Waals surface area (Å²) in [4.78, 5) is 20.8. The van der Waals surface area contributed by atoms with Gasteiger partial charge in [0.25, 0.3) is 5.91 Å². The molecule has 0 bridgehead atoms. The van der Waals surface area contributed by atoms with E-state index >= 15 is 0 Å². The lowest BCUT2D eigenvalue weighted by Gasteiger charge is -2.08. The predicted octanol–water partition coefficient (Wildman–Crippen LogP) is 2.94. The number of anilines is 2. The fourth-order valence-corrected chi connectivity index (χ4v) is 2.34. The Morgan fingerprint density at radius 2 is 1.92 bits per heavy atom. The van der Waals surface area contributed by atoms with Crippen LogP contribution >= 0.6 is 0 Å². The lowest BCUT2D eigenvalue weighted by molar-refractivity contribution is 0.0949. The predicted molar refractivity (Wildman–Crippen MR) is 93.7 cm³/mol. The van der Waals surface area contributed by atoms with E-state index in [0.717, 1.165) is 5.56 Å². The van der Waals surface area contributed by atoms with Gasteiger partial charge in [-0.25, -0.2) is 14.4 Å². The van der Waals surface area contributed by atoms with Gasteiger partial charge in [-0.2, -0.15) is 0 Å². The van der Waals surface area contributed by atoms with Crippen LogP contribution in [0.3, 0.4) is 0 Å². The molecule has 8 heteroatoms. The van der Waals surface area contributed by atoms with E-state index in [-0.39, 0.29) is 23.4 Å². The number of benzene rings is 1. The molecule has 3 aromatic rings. The fourth-order valence-electron chi connectivity index (χ4n) is 2.34. The number of halogens is 1. The topological polar surface area (TPSA) is 92.9 Å². The molecule has 26 heavy (non-hydrogen) atoms. The Morgan fingerprint density at radius 3 is 2.62 bits per heavy atom. The van der Waals surface area contributed by atoms with E-state index in [2.05, 4.69) is 25.8 Å². The first-order chi connectivity index (χ1) is 12.5. The lowest BCUT2D eigenvalue weighted by Crippen LogP contribution is -2.27. The third kappa shape index (κ3) is 4.62. The zero-order valence-corrected chi connectivity index (χ0v) is 14.4. The summed E-state index contributed by atoms with van der Waals surface area (Å²) in [7, 11) is 0. The smallest absolute Gasteiger partial charge is 0.270 e. The molecule has 0 saturated carbocycles. The first-order valence-corrected chi connectivity index (χ1v) is 8.08. The van der Waals surface area contributed by atoms with E-state index < -0.39 is 0 Å². The highest BCUT2D eigenvalue weighted by Crippen LogP contribution is 2.13. The van der Waals surface area contributed by atoms with Crippen LogP contribution in [0.5, 0.6) is 0 Å². The minimum Gasteiger partial charge on any atom is -0.360 e. The Balaban J connectivity index is 1.62. The summed E-state index contributed by atoms with van der Waals surface area (Å²) < 4.78 is 17.9. The molecule has 0 aliphatic carbocycles. The molecule has 1 aromatic carbocycles. The van der Waals surface area contributed by atoms with E-state index in [1.807, 2.05) is 0 Å². The minimum absolute atomic E-state index is 0.249. The number of aromatic nitrogens is 3. The fraction of sp³-hybridized carbons (Fsp3) is 0.222. The van der Waals surface area contributed by atoms with Crippen molar-refractivity contribution in [3.63, 3.8) is 0 Å². The molecular weight excluding hydrogens is 337 g/mol. The summed E-state index contributed by atoms with van der Waals surface area (Å²) in [5.74, 6) is 0.797. The van der Waals surface area contributed by atoms with Gasteiger partial charge >= 0.3 is 0 Å². The van der Waals surface area contributed by atoms with E-state index in [1.165, 1.54) is 12.1 Å². The largest absolute Gasteiger partial charge is 0.360 e. The number of rotatable bonds is 6. The van der Waals surface area contributed by atoms with Crippen molar-refractivity contribution in [3.8, 4) is 0 Å². The number of hydrogen-bond donors (Lipinski definition) is 2. The highest BCUT2D eigenvalue weighted by molar-refractivity contribution is 5.92. The molecule has 0 atom stereocenters. The van der Waals surface area contributed by atoms with Crippen LogP contribution in [0.4, 0.5) is 16.2 Å². The van der Waals surface area contributed by atoms with Crippen molar-refractivity contribution >= 4 is 17.7 Å². The van der Waals surface area contributed by atoms with Crippen LogP contribution in [0.1, 0.15) is 27.5 Å². The Morgan fingerprint density at radius 1 is 1.15 bits per heavy atom. The Labute approximate surface area is 149 Å². The SMILES string of the molecule is Cc1cc(C(=O)NCCc2ccc(F)cc2)nc(Nc2cc(C)on2)n1. The maximum atomic E-state index is 12.9. The van der Waals surface area contributed by atoms with Crippen LogP contribution in [0.25, 0.3) is 0 Å². The molecule has 2 heterocycles. The van der Waals surface area contributed by atoms with Crippen LogP contribution < -0.4 is 10.6 Å². The van der Waals surface area contributed by atoms with Crippen molar-refractivity contribution in [1.82, 2.24) is 20.4 Å². The molecule has 0 aliphatic rings. The summed E-state index contributed by atoms with van der Waals surface area (Å²) in [6.45, 7) is 3.96. The number of aryl methyl sites for hydroxylation is 2. The van der Waals surface area contributed by atoms with Crippen LogP contribution in [-0.2, 0) is 6.42 Å². The molecule has 2 aromatic heterocycles. The van der Waals surface area contributed by atoms with Gasteiger partial charge in [0.2, 0.25) is 5.95 Å². The maximum Gasteiger partial charge on any atom is 0.270 e. The number of nitrogens with one attached hydrogen (secondary N) is 2. The van der Waals surface area contributed by atoms with Gasteiger partial charge in [-0.15, -0.1) is 0 Å². The van der Waals surface area contributed by atoms with Gasteiger partial charge in [0.15, 0.2) is 5.82 Å². The summed E-state index contributed by atoms with van der Waals surface area (Å²) in [5, 5.41) is 9.52. The molecule has 0 spiro atoms. The first-order valence-electron chi connectivity index (χ1n) is 8.08. The molecule has 2 N–H and O–H groups in total. The van der Waals surface area contributed by atoms with Crippen LogP contribution in [-0.4, -0.2) is 27.6 Å². The van der Waals surface area contributed by atoms with Crippen molar-refractivity contribution in [2.24, 2.45) is 0 Å². The van der Waals surface area contributed by atoms with Gasteiger partial charge in [0.1, 0.15) is 17.3 Å². The number of amides is 1. The molecule has 0 saturated heterocycles. The van der Waals surface area contributed by atoms with Crippen molar-refractivity contribution in [3.05, 3.63) is 64.9 Å². The standard InChI is InChI=1S/C18H18FN5O2/c1-11-9-15(22-18(21-11)23-16-10-12(2)26-24-16)17(25)20-8-7-13-3-5-14(19)6-4-13/h3-6,9-10H,7-8H2,1-2H3,(H,20,25)(H,21,22,23,24). The molecular formula is C18H18FN5O2. The van der Waals surface area contributed by atoms with Gasteiger partial charge in [0, 0.05) is 18.3 Å². The second kappa shape index (κ2) is 7.73. The highest BCUT2D eigenvalue weighted by Gasteiger charge is 2.11. The third-order valence-electron chi connectivity index (χ3n) is 3.57. The van der Waals surface area contributed by atoms with E-state index in [9.17, 15) is 9.18 Å². The molecule has 1 amide bonds. The van der Waals surface area contributed by atoms with Crippen molar-refractivity contribution in [2.75, 3.05) is 11.9 Å². The third-order valence-corrected chi connectivity index (χ3v) is 3.57. The molecule has 0 aliphatic heterocycles. The van der Waals surface area contributed by atoms with Gasteiger partial charge in [-0.05, 0) is 44.0 Å². The van der Waals surface area contributed by atoms with E-state index in [1.54, 1.807) is 38.1 Å². The molecule has 0 fully saturated rings. The molecule has 134 valence electrons. The summed E-state index contributed by atoms with van der Waals surface area (Å²) in [5.41, 5.74) is 1.83. The van der Waals surface area contributed by atoms with Crippen LogP contribution in [0, 0.1) is 19.7 Å². The molecule has 0 unspecified atom stereocenters. The van der Waals surface area contributed by atoms with Gasteiger partial charge < -0.3 is 15.2 Å². The normalized spacial score (nSPS) is 10.6. The van der Waals surface area contributed by atoms with Crippen molar-refractivity contribution in [1.29, 1.82) is 0 Å². The average Bonchev–Trinajstić information content (AvgIpc) is 3.01. The summed E-state index contributed by atoms with van der Waals surface area (Å²) in [6.07, 6.45) is 0.597. The van der Waals surface area contributed by atoms with Crippen molar-refractivity contribution < 1.29 is 13.7 Å². The number of carbonyl (C=O) groups is 1. The number of nitrogens with zero attached hydrogens (tertiary/aromatic N) is 3. The molecule has 0 radical (unpaired) electrons. The minimum atomic E-state index is -0.308. The summed E-state index contributed by atoms with van der Waals surface area (Å²) in [6, 6.07) is 9.49. The van der Waals surface area contributed by atoms with Crippen molar-refractivity contribution in [2.45, 2.75) is 20.3 Å². The monoisotopic (exact) mass is 355 g/mol. The Hall–Kier alpha value is -3.29. The average molecular weight is 355 g/mol. The van der Waals surface area contributed by atoms with E-state index in [0.29, 0.717) is 30.2 Å². The lowest BCUT2D eigenvalue weighted by atomic mass is 10.1. The van der Waals surface area contributed by atoms with Crippen LogP contribution in [0.2, 0.25) is 0 Å². The molecule has 7 nitrogen and oxygen atoms in total. The second-order valence-corrected chi connectivity index (χ2v) is 5.80. The quantitative estimate of drug-likeness (QED) is 0.706. The Bertz CT molecular complexity index is 908. The highest BCUT2D eigenvalue weighted by atomic mass is 19.1. The zero-order chi connectivity index (χ0) is 18.5. The van der Waals surface area contributed by atoms with Gasteiger partial charge in [-0.1, -0.05) is 17.3 Å². The zero-order valence-electron chi connectivity index (χ0n) is 14.4. The Kier molecular flexibility index (Phi) is 5.21. The van der Waals surface area contributed by atoms with E-state index in [4.69, 9.17) is 4.52 Å². The van der Waals surface area contributed by atoms with Crippen LogP contribution in [0.15, 0.2) is 40.9 Å². The van der Waals surface area contributed by atoms with Gasteiger partial charge in [0.05, 0.1) is 0 Å². The number of hydrogen-bond acceptors (Lipinski definition) is 6. The second-order valence-electron chi connectivity index (χ2n) is 5.80. The summed E-state index contributed by atoms with van der Waals surface area (Å²) >= 11 is 0. The maximum absolute atomic E-state index is 12.9.